The van der Waals surface area contributed by atoms with Crippen LogP contribution in [0.1, 0.15) is 21.7 Å². The fraction of sp³-hybridized carbons (Fsp3) is 0.150. The summed E-state index contributed by atoms with van der Waals surface area (Å²) in [6, 6.07) is 13.1. The number of nitro groups is 1. The molecule has 28 heavy (non-hydrogen) atoms. The molecule has 0 bridgehead atoms. The molecule has 0 aliphatic heterocycles. The Morgan fingerprint density at radius 2 is 2.04 bits per heavy atom. The van der Waals surface area contributed by atoms with Crippen molar-refractivity contribution in [3.8, 4) is 11.5 Å². The van der Waals surface area contributed by atoms with Gasteiger partial charge in [-0.3, -0.25) is 14.9 Å². The molecule has 0 saturated heterocycles. The zero-order valence-electron chi connectivity index (χ0n) is 15.2. The van der Waals surface area contributed by atoms with Crippen LogP contribution in [0.15, 0.2) is 65.7 Å². The maximum Gasteiger partial charge on any atom is 0.269 e. The third-order valence-corrected chi connectivity index (χ3v) is 4.04. The Labute approximate surface area is 161 Å². The molecule has 0 atom stereocenters. The molecule has 1 heterocycles. The molecule has 2 aromatic carbocycles. The number of aromatic nitrogens is 2. The lowest BCUT2D eigenvalue weighted by Gasteiger charge is -2.21. The molecule has 8 nitrogen and oxygen atoms in total. The van der Waals surface area contributed by atoms with Crippen molar-refractivity contribution in [2.45, 2.75) is 13.5 Å². The van der Waals surface area contributed by atoms with Crippen molar-refractivity contribution in [3.63, 3.8) is 0 Å². The molecule has 3 rings (SSSR count). The van der Waals surface area contributed by atoms with Crippen LogP contribution in [0.3, 0.4) is 0 Å². The van der Waals surface area contributed by atoms with Crippen molar-refractivity contribution in [2.75, 3.05) is 6.54 Å². The minimum absolute atomic E-state index is 0.0114. The van der Waals surface area contributed by atoms with Crippen LogP contribution in [-0.2, 0) is 6.54 Å². The normalized spacial score (nSPS) is 10.5. The topological polar surface area (TPSA) is 102 Å². The molecule has 0 saturated carbocycles. The van der Waals surface area contributed by atoms with Gasteiger partial charge in [0.25, 0.3) is 17.5 Å². The van der Waals surface area contributed by atoms with E-state index in [-0.39, 0.29) is 18.1 Å². The second-order valence-corrected chi connectivity index (χ2v) is 6.13. The summed E-state index contributed by atoms with van der Waals surface area (Å²) in [6.07, 6.45) is 1.62. The second kappa shape index (κ2) is 8.26. The molecule has 0 radical (unpaired) electrons. The summed E-state index contributed by atoms with van der Waals surface area (Å²) < 4.78 is 5.12. The highest BCUT2D eigenvalue weighted by Crippen LogP contribution is 2.20. The molecule has 1 amide bonds. The quantitative estimate of drug-likeness (QED) is 0.352. The van der Waals surface area contributed by atoms with E-state index in [4.69, 9.17) is 4.52 Å². The summed E-state index contributed by atoms with van der Waals surface area (Å²) in [5.41, 5.74) is 1.85. The first-order valence-corrected chi connectivity index (χ1v) is 8.52. The molecular weight excluding hydrogens is 360 g/mol. The van der Waals surface area contributed by atoms with E-state index in [1.165, 1.54) is 12.1 Å². The Morgan fingerprint density at radius 1 is 1.29 bits per heavy atom. The molecular formula is C20H18N4O4. The van der Waals surface area contributed by atoms with Crippen LogP contribution in [0.2, 0.25) is 0 Å². The third kappa shape index (κ3) is 4.29. The van der Waals surface area contributed by atoms with E-state index in [1.807, 2.05) is 0 Å². The first kappa shape index (κ1) is 19.0. The van der Waals surface area contributed by atoms with E-state index in [9.17, 15) is 14.9 Å². The van der Waals surface area contributed by atoms with Crippen LogP contribution < -0.4 is 0 Å². The minimum Gasteiger partial charge on any atom is -0.334 e. The number of hydrogen-bond donors (Lipinski definition) is 0. The molecule has 0 spiro atoms. The Kier molecular flexibility index (Phi) is 5.59. The van der Waals surface area contributed by atoms with Gasteiger partial charge in [0, 0.05) is 36.3 Å². The van der Waals surface area contributed by atoms with E-state index in [0.29, 0.717) is 35.0 Å². The van der Waals surface area contributed by atoms with Crippen molar-refractivity contribution < 1.29 is 14.2 Å². The van der Waals surface area contributed by atoms with E-state index in [2.05, 4.69) is 16.7 Å². The maximum atomic E-state index is 12.9. The Hall–Kier alpha value is -3.81. The Balaban J connectivity index is 1.80. The molecule has 3 aromatic rings. The van der Waals surface area contributed by atoms with E-state index < -0.39 is 4.92 Å². The van der Waals surface area contributed by atoms with Gasteiger partial charge < -0.3 is 9.42 Å². The Bertz CT molecular complexity index is 1010. The van der Waals surface area contributed by atoms with Gasteiger partial charge in [-0.2, -0.15) is 4.98 Å². The predicted octanol–water partition coefficient (Wildman–Crippen LogP) is 3.78. The van der Waals surface area contributed by atoms with E-state index in [0.717, 1.165) is 0 Å². The lowest BCUT2D eigenvalue weighted by atomic mass is 10.1. The summed E-state index contributed by atoms with van der Waals surface area (Å²) in [7, 11) is 0. The summed E-state index contributed by atoms with van der Waals surface area (Å²) >= 11 is 0. The number of nitro benzene ring substituents is 1. The smallest absolute Gasteiger partial charge is 0.269 e. The zero-order chi connectivity index (χ0) is 20.1. The molecule has 8 heteroatoms. The molecule has 0 fully saturated rings. The van der Waals surface area contributed by atoms with Crippen molar-refractivity contribution in [2.24, 2.45) is 0 Å². The average Bonchev–Trinajstić information content (AvgIpc) is 3.14. The van der Waals surface area contributed by atoms with Gasteiger partial charge in [0.15, 0.2) is 5.82 Å². The Morgan fingerprint density at radius 3 is 2.64 bits per heavy atom. The van der Waals surface area contributed by atoms with Gasteiger partial charge in [0.2, 0.25) is 0 Å². The second-order valence-electron chi connectivity index (χ2n) is 6.13. The van der Waals surface area contributed by atoms with Crippen LogP contribution in [0.25, 0.3) is 11.5 Å². The van der Waals surface area contributed by atoms with Crippen molar-refractivity contribution in [1.82, 2.24) is 15.0 Å². The van der Waals surface area contributed by atoms with Crippen molar-refractivity contribution in [1.29, 1.82) is 0 Å². The number of aryl methyl sites for hydroxylation is 1. The monoisotopic (exact) mass is 378 g/mol. The summed E-state index contributed by atoms with van der Waals surface area (Å²) in [6.45, 7) is 5.96. The summed E-state index contributed by atoms with van der Waals surface area (Å²) in [5.74, 6) is 0.708. The highest BCUT2D eigenvalue weighted by atomic mass is 16.6. The van der Waals surface area contributed by atoms with Crippen molar-refractivity contribution >= 4 is 11.6 Å². The molecule has 0 aliphatic rings. The van der Waals surface area contributed by atoms with Gasteiger partial charge in [-0.25, -0.2) is 0 Å². The average molecular weight is 378 g/mol. The minimum atomic E-state index is -0.457. The molecule has 142 valence electrons. The zero-order valence-corrected chi connectivity index (χ0v) is 15.2. The predicted molar refractivity (Wildman–Crippen MR) is 103 cm³/mol. The molecule has 0 N–H and O–H groups in total. The van der Waals surface area contributed by atoms with Gasteiger partial charge in [-0.1, -0.05) is 23.4 Å². The van der Waals surface area contributed by atoms with Crippen LogP contribution in [-0.4, -0.2) is 32.4 Å². The SMILES string of the molecule is C=CCN(Cc1cccc([N+](=O)[O-])c1)C(=O)c1ccc(-c2nc(C)no2)cc1. The number of non-ortho nitro benzene ring substituents is 1. The summed E-state index contributed by atoms with van der Waals surface area (Å²) in [5, 5.41) is 14.7. The number of carbonyl (C=O) groups excluding carboxylic acids is 1. The number of amides is 1. The van der Waals surface area contributed by atoms with Crippen LogP contribution in [0, 0.1) is 17.0 Å². The standard InChI is InChI=1S/C20H18N4O4/c1-3-11-23(13-15-5-4-6-18(12-15)24(26)27)20(25)17-9-7-16(8-10-17)19-21-14(2)22-28-19/h3-10,12H,1,11,13H2,2H3. The van der Waals surface area contributed by atoms with Gasteiger partial charge in [-0.15, -0.1) is 6.58 Å². The van der Waals surface area contributed by atoms with Crippen molar-refractivity contribution in [3.05, 3.63) is 88.3 Å². The van der Waals surface area contributed by atoms with Gasteiger partial charge in [-0.05, 0) is 36.8 Å². The van der Waals surface area contributed by atoms with Crippen LogP contribution >= 0.6 is 0 Å². The molecule has 0 aliphatic carbocycles. The number of hydrogen-bond acceptors (Lipinski definition) is 6. The molecule has 0 unspecified atom stereocenters. The van der Waals surface area contributed by atoms with E-state index in [1.54, 1.807) is 54.3 Å². The number of nitrogens with zero attached hydrogens (tertiary/aromatic N) is 4. The number of rotatable bonds is 7. The van der Waals surface area contributed by atoms with Crippen LogP contribution in [0.5, 0.6) is 0 Å². The summed E-state index contributed by atoms with van der Waals surface area (Å²) in [4.78, 5) is 29.1. The van der Waals surface area contributed by atoms with Gasteiger partial charge in [0.05, 0.1) is 4.92 Å². The molecule has 1 aromatic heterocycles. The third-order valence-electron chi connectivity index (χ3n) is 4.04. The first-order chi connectivity index (χ1) is 13.5. The van der Waals surface area contributed by atoms with E-state index >= 15 is 0 Å². The lowest BCUT2D eigenvalue weighted by molar-refractivity contribution is -0.384. The fourth-order valence-corrected chi connectivity index (χ4v) is 2.72. The van der Waals surface area contributed by atoms with Crippen LogP contribution in [0.4, 0.5) is 5.69 Å². The maximum absolute atomic E-state index is 12.9. The van der Waals surface area contributed by atoms with Gasteiger partial charge in [0.1, 0.15) is 0 Å². The highest BCUT2D eigenvalue weighted by Gasteiger charge is 2.17. The lowest BCUT2D eigenvalue weighted by Crippen LogP contribution is -2.30. The fourth-order valence-electron chi connectivity index (χ4n) is 2.72. The largest absolute Gasteiger partial charge is 0.334 e. The van der Waals surface area contributed by atoms with Gasteiger partial charge >= 0.3 is 0 Å². The highest BCUT2D eigenvalue weighted by molar-refractivity contribution is 5.94. The first-order valence-electron chi connectivity index (χ1n) is 8.52. The number of carbonyl (C=O) groups is 1. The number of benzene rings is 2.